The Morgan fingerprint density at radius 3 is 2.85 bits per heavy atom. The molecule has 27 heavy (non-hydrogen) atoms. The Hall–Kier alpha value is -2.34. The molecule has 1 unspecified atom stereocenters. The smallest absolute Gasteiger partial charge is 0.315 e. The molecule has 3 rings (SSSR count). The van der Waals surface area contributed by atoms with E-state index in [9.17, 15) is 9.59 Å². The number of hydrogen-bond donors (Lipinski definition) is 0. The van der Waals surface area contributed by atoms with Gasteiger partial charge in [0, 0.05) is 48.3 Å². The number of carbonyl (C=O) groups excluding carboxylic acids is 2. The number of rotatable bonds is 7. The van der Waals surface area contributed by atoms with Crippen molar-refractivity contribution in [2.45, 2.75) is 45.4 Å². The number of aromatic nitrogens is 1. The van der Waals surface area contributed by atoms with Gasteiger partial charge in [0.1, 0.15) is 12.5 Å². The van der Waals surface area contributed by atoms with E-state index in [2.05, 4.69) is 9.98 Å². The summed E-state index contributed by atoms with van der Waals surface area (Å²) in [6.45, 7) is 5.07. The summed E-state index contributed by atoms with van der Waals surface area (Å²) in [6.07, 6.45) is 6.39. The van der Waals surface area contributed by atoms with Gasteiger partial charge in [0.05, 0.1) is 6.61 Å². The molecular weight excluding hydrogens is 344 g/mol. The number of ether oxygens (including phenoxy) is 2. The summed E-state index contributed by atoms with van der Waals surface area (Å²) < 4.78 is 10.8. The fourth-order valence-corrected chi connectivity index (χ4v) is 3.77. The monoisotopic (exact) mass is 370 g/mol. The first-order valence-corrected chi connectivity index (χ1v) is 9.59. The lowest BCUT2D eigenvalue weighted by Gasteiger charge is -2.34. The Morgan fingerprint density at radius 2 is 2.11 bits per heavy atom. The summed E-state index contributed by atoms with van der Waals surface area (Å²) in [4.78, 5) is 34.4. The summed E-state index contributed by atoms with van der Waals surface area (Å²) in [6, 6.07) is 3.73. The molecule has 0 fully saturated rings. The topological polar surface area (TPSA) is 77.9 Å². The third-order valence-corrected chi connectivity index (χ3v) is 4.95. The average molecular weight is 370 g/mol. The second kappa shape index (κ2) is 9.04. The summed E-state index contributed by atoms with van der Waals surface area (Å²) in [5.41, 5.74) is 3.01. The van der Waals surface area contributed by atoms with E-state index in [1.807, 2.05) is 26.0 Å². The van der Waals surface area contributed by atoms with Crippen LogP contribution in [0.5, 0.6) is 0 Å². The van der Waals surface area contributed by atoms with Crippen LogP contribution < -0.4 is 0 Å². The van der Waals surface area contributed by atoms with Gasteiger partial charge in [0.15, 0.2) is 5.78 Å². The van der Waals surface area contributed by atoms with Crippen molar-refractivity contribution in [3.63, 3.8) is 0 Å². The standard InChI is InChI=1S/C21H26N2O4/c1-3-10-26-11-12-27-21(25)18-14(2)23-16-7-4-8-17(24)20(16)19(18)15-6-5-9-22-13-15/h5-6,9,13,18-19H,3-4,7-8,10-12H2,1-2H3/t18?,19-/m0/s1. The molecule has 2 atom stereocenters. The molecule has 0 amide bonds. The van der Waals surface area contributed by atoms with Crippen LogP contribution in [-0.4, -0.2) is 42.3 Å². The minimum absolute atomic E-state index is 0.0745. The molecule has 0 aromatic carbocycles. The van der Waals surface area contributed by atoms with Crippen molar-refractivity contribution >= 4 is 17.5 Å². The lowest BCUT2D eigenvalue weighted by Crippen LogP contribution is -2.37. The molecule has 0 saturated carbocycles. The predicted molar refractivity (Wildman–Crippen MR) is 102 cm³/mol. The first kappa shape index (κ1) is 19.4. The van der Waals surface area contributed by atoms with Crippen LogP contribution in [0.4, 0.5) is 0 Å². The van der Waals surface area contributed by atoms with E-state index in [1.54, 1.807) is 12.4 Å². The van der Waals surface area contributed by atoms with Crippen LogP contribution in [0.2, 0.25) is 0 Å². The molecule has 0 spiro atoms. The number of Topliss-reactive ketones (excluding diaryl/α,β-unsaturated/α-hetero) is 1. The van der Waals surface area contributed by atoms with E-state index in [-0.39, 0.29) is 24.3 Å². The number of allylic oxidation sites excluding steroid dienone is 2. The van der Waals surface area contributed by atoms with Crippen molar-refractivity contribution < 1.29 is 19.1 Å². The maximum Gasteiger partial charge on any atom is 0.315 e. The van der Waals surface area contributed by atoms with Crippen LogP contribution >= 0.6 is 0 Å². The van der Waals surface area contributed by atoms with E-state index in [1.165, 1.54) is 0 Å². The number of nitrogens with zero attached hydrogens (tertiary/aromatic N) is 2. The minimum Gasteiger partial charge on any atom is -0.463 e. The second-order valence-corrected chi connectivity index (χ2v) is 6.91. The quantitative estimate of drug-likeness (QED) is 0.544. The van der Waals surface area contributed by atoms with Crippen molar-refractivity contribution in [1.29, 1.82) is 0 Å². The van der Waals surface area contributed by atoms with E-state index >= 15 is 0 Å². The Labute approximate surface area is 159 Å². The normalized spacial score (nSPS) is 22.3. The highest BCUT2D eigenvalue weighted by molar-refractivity contribution is 6.08. The fraction of sp³-hybridized carbons (Fsp3) is 0.524. The highest BCUT2D eigenvalue weighted by Gasteiger charge is 2.43. The maximum atomic E-state index is 12.9. The van der Waals surface area contributed by atoms with Gasteiger partial charge >= 0.3 is 5.97 Å². The van der Waals surface area contributed by atoms with Gasteiger partial charge in [-0.15, -0.1) is 0 Å². The summed E-state index contributed by atoms with van der Waals surface area (Å²) in [5, 5.41) is 0. The van der Waals surface area contributed by atoms with Gasteiger partial charge < -0.3 is 9.47 Å². The maximum absolute atomic E-state index is 12.9. The van der Waals surface area contributed by atoms with Crippen molar-refractivity contribution in [2.75, 3.05) is 19.8 Å². The second-order valence-electron chi connectivity index (χ2n) is 6.91. The summed E-state index contributed by atoms with van der Waals surface area (Å²) in [5.74, 6) is -1.29. The lowest BCUT2D eigenvalue weighted by molar-refractivity contribution is -0.148. The van der Waals surface area contributed by atoms with Gasteiger partial charge in [-0.1, -0.05) is 13.0 Å². The van der Waals surface area contributed by atoms with Crippen molar-refractivity contribution in [3.05, 3.63) is 41.4 Å². The first-order valence-electron chi connectivity index (χ1n) is 9.59. The number of hydrogen-bond acceptors (Lipinski definition) is 6. The summed E-state index contributed by atoms with van der Waals surface area (Å²) >= 11 is 0. The molecule has 144 valence electrons. The minimum atomic E-state index is -0.610. The zero-order chi connectivity index (χ0) is 19.2. The molecule has 0 radical (unpaired) electrons. The Balaban J connectivity index is 1.87. The van der Waals surface area contributed by atoms with E-state index < -0.39 is 5.92 Å². The molecule has 1 aliphatic carbocycles. The van der Waals surface area contributed by atoms with Crippen molar-refractivity contribution in [3.8, 4) is 0 Å². The Bertz CT molecular complexity index is 755. The van der Waals surface area contributed by atoms with Crippen LogP contribution in [0.25, 0.3) is 0 Å². The van der Waals surface area contributed by atoms with E-state index in [4.69, 9.17) is 9.47 Å². The van der Waals surface area contributed by atoms with Crippen LogP contribution in [0, 0.1) is 5.92 Å². The number of ketones is 1. The van der Waals surface area contributed by atoms with Gasteiger partial charge in [-0.25, -0.2) is 0 Å². The molecular formula is C21H26N2O4. The highest BCUT2D eigenvalue weighted by Crippen LogP contribution is 2.43. The molecule has 1 aromatic rings. The first-order chi connectivity index (χ1) is 13.1. The predicted octanol–water partition coefficient (Wildman–Crippen LogP) is 3.23. The largest absolute Gasteiger partial charge is 0.463 e. The third-order valence-electron chi connectivity index (χ3n) is 4.95. The van der Waals surface area contributed by atoms with Gasteiger partial charge in [0.25, 0.3) is 0 Å². The molecule has 2 aliphatic rings. The SMILES string of the molecule is CCCOCCOC(=O)C1C(C)=NC2=C(C(=O)CCC2)[C@H]1c1cccnc1. The third kappa shape index (κ3) is 4.33. The fourth-order valence-electron chi connectivity index (χ4n) is 3.77. The Kier molecular flexibility index (Phi) is 6.50. The van der Waals surface area contributed by atoms with Crippen molar-refractivity contribution in [1.82, 2.24) is 4.98 Å². The molecule has 1 aromatic heterocycles. The average Bonchev–Trinajstić information content (AvgIpc) is 2.67. The molecule has 6 heteroatoms. The van der Waals surface area contributed by atoms with Gasteiger partial charge in [0.2, 0.25) is 0 Å². The zero-order valence-corrected chi connectivity index (χ0v) is 15.9. The van der Waals surface area contributed by atoms with E-state index in [0.717, 1.165) is 30.5 Å². The number of esters is 1. The molecule has 6 nitrogen and oxygen atoms in total. The number of pyridine rings is 1. The van der Waals surface area contributed by atoms with Crippen LogP contribution in [0.15, 0.2) is 40.8 Å². The number of aliphatic imine (C=N–C) groups is 1. The summed E-state index contributed by atoms with van der Waals surface area (Å²) in [7, 11) is 0. The Morgan fingerprint density at radius 1 is 1.26 bits per heavy atom. The van der Waals surface area contributed by atoms with Gasteiger partial charge in [-0.05, 0) is 37.8 Å². The highest BCUT2D eigenvalue weighted by atomic mass is 16.6. The van der Waals surface area contributed by atoms with Crippen LogP contribution in [0.3, 0.4) is 0 Å². The number of carbonyl (C=O) groups is 2. The van der Waals surface area contributed by atoms with Crippen LogP contribution in [0.1, 0.15) is 51.0 Å². The van der Waals surface area contributed by atoms with Gasteiger partial charge in [-0.2, -0.15) is 0 Å². The zero-order valence-electron chi connectivity index (χ0n) is 15.9. The molecule has 0 N–H and O–H groups in total. The van der Waals surface area contributed by atoms with Crippen molar-refractivity contribution in [2.24, 2.45) is 10.9 Å². The van der Waals surface area contributed by atoms with Crippen LogP contribution in [-0.2, 0) is 19.1 Å². The molecule has 1 aliphatic heterocycles. The lowest BCUT2D eigenvalue weighted by atomic mass is 9.72. The molecule has 0 bridgehead atoms. The van der Waals surface area contributed by atoms with Gasteiger partial charge in [-0.3, -0.25) is 19.6 Å². The molecule has 0 saturated heterocycles. The molecule has 2 heterocycles. The van der Waals surface area contributed by atoms with E-state index in [0.29, 0.717) is 30.9 Å².